The highest BCUT2D eigenvalue weighted by atomic mass is 32.2. The molecule has 0 aromatic carbocycles. The van der Waals surface area contributed by atoms with Gasteiger partial charge < -0.3 is 5.11 Å². The van der Waals surface area contributed by atoms with Crippen molar-refractivity contribution >= 4 is 21.4 Å². The van der Waals surface area contributed by atoms with E-state index >= 15 is 0 Å². The molecule has 0 radical (unpaired) electrons. The number of aliphatic hydroxyl groups is 1. The molecule has 0 atom stereocenters. The van der Waals surface area contributed by atoms with Gasteiger partial charge in [-0.05, 0) is 13.0 Å². The van der Waals surface area contributed by atoms with Gasteiger partial charge in [-0.1, -0.05) is 12.2 Å². The second-order valence-corrected chi connectivity index (χ2v) is 6.94. The second-order valence-electron chi connectivity index (χ2n) is 3.69. The molecule has 0 unspecified atom stereocenters. The van der Waals surface area contributed by atoms with E-state index in [0.717, 1.165) is 0 Å². The maximum atomic E-state index is 12.4. The van der Waals surface area contributed by atoms with Crippen LogP contribution in [0.15, 0.2) is 36.3 Å². The molecule has 1 heterocycles. The van der Waals surface area contributed by atoms with Crippen LogP contribution < -0.4 is 0 Å². The van der Waals surface area contributed by atoms with Crippen LogP contribution in [0.3, 0.4) is 0 Å². The molecule has 0 spiro atoms. The van der Waals surface area contributed by atoms with Gasteiger partial charge in [-0.15, -0.1) is 24.5 Å². The van der Waals surface area contributed by atoms with E-state index in [1.807, 2.05) is 0 Å². The summed E-state index contributed by atoms with van der Waals surface area (Å²) in [5.74, 6) is 0. The number of hydrogen-bond acceptors (Lipinski definition) is 4. The summed E-state index contributed by atoms with van der Waals surface area (Å²) >= 11 is 1.29. The Morgan fingerprint density at radius 2 is 1.94 bits per heavy atom. The normalized spacial score (nSPS) is 11.7. The number of hydrogen-bond donors (Lipinski definition) is 1. The van der Waals surface area contributed by atoms with Crippen LogP contribution in [-0.2, 0) is 16.6 Å². The van der Waals surface area contributed by atoms with Crippen molar-refractivity contribution in [1.29, 1.82) is 0 Å². The minimum absolute atomic E-state index is 0.149. The quantitative estimate of drug-likeness (QED) is 0.779. The molecule has 1 aromatic rings. The van der Waals surface area contributed by atoms with Gasteiger partial charge >= 0.3 is 0 Å². The van der Waals surface area contributed by atoms with E-state index in [-0.39, 0.29) is 24.6 Å². The molecule has 0 saturated heterocycles. The zero-order chi connectivity index (χ0) is 13.8. The van der Waals surface area contributed by atoms with Crippen molar-refractivity contribution in [2.45, 2.75) is 18.4 Å². The van der Waals surface area contributed by atoms with Gasteiger partial charge in [0.15, 0.2) is 0 Å². The highest BCUT2D eigenvalue weighted by molar-refractivity contribution is 7.89. The van der Waals surface area contributed by atoms with Crippen molar-refractivity contribution in [3.05, 3.63) is 41.1 Å². The summed E-state index contributed by atoms with van der Waals surface area (Å²) in [5.41, 5.74) is 0. The molecule has 0 bridgehead atoms. The van der Waals surface area contributed by atoms with Gasteiger partial charge in [0, 0.05) is 22.8 Å². The molecular weight excluding hydrogens is 270 g/mol. The predicted octanol–water partition coefficient (Wildman–Crippen LogP) is 1.91. The lowest BCUT2D eigenvalue weighted by atomic mass is 10.4. The topological polar surface area (TPSA) is 57.6 Å². The first-order valence-corrected chi connectivity index (χ1v) is 7.65. The highest BCUT2D eigenvalue weighted by Crippen LogP contribution is 2.28. The Labute approximate surface area is 112 Å². The molecule has 0 aliphatic rings. The van der Waals surface area contributed by atoms with Gasteiger partial charge in [0.2, 0.25) is 10.0 Å². The van der Waals surface area contributed by atoms with Crippen LogP contribution in [0.1, 0.15) is 9.75 Å². The molecule has 6 heteroatoms. The maximum Gasteiger partial charge on any atom is 0.244 e. The fraction of sp³-hybridized carbons (Fsp3) is 0.333. The van der Waals surface area contributed by atoms with Crippen LogP contribution in [0.25, 0.3) is 0 Å². The Morgan fingerprint density at radius 1 is 1.39 bits per heavy atom. The van der Waals surface area contributed by atoms with Crippen LogP contribution in [0, 0.1) is 6.92 Å². The molecule has 0 aliphatic heterocycles. The standard InChI is InChI=1S/C12H17NO3S2/c1-4-6-13(7-5-2)18(15,16)12-8-11(9-14)17-10(12)3/h4-5,8,14H,1-2,6-7,9H2,3H3. The van der Waals surface area contributed by atoms with Crippen molar-refractivity contribution in [2.24, 2.45) is 0 Å². The minimum atomic E-state index is -3.56. The van der Waals surface area contributed by atoms with Crippen molar-refractivity contribution in [1.82, 2.24) is 4.31 Å². The van der Waals surface area contributed by atoms with Gasteiger partial charge in [-0.2, -0.15) is 4.31 Å². The number of sulfonamides is 1. The van der Waals surface area contributed by atoms with Crippen molar-refractivity contribution in [2.75, 3.05) is 13.1 Å². The molecule has 0 amide bonds. The summed E-state index contributed by atoms with van der Waals surface area (Å²) in [6.45, 7) is 9.16. The first-order valence-electron chi connectivity index (χ1n) is 5.39. The Balaban J connectivity index is 3.20. The lowest BCUT2D eigenvalue weighted by molar-refractivity contribution is 0.285. The highest BCUT2D eigenvalue weighted by Gasteiger charge is 2.26. The Morgan fingerprint density at radius 3 is 2.33 bits per heavy atom. The van der Waals surface area contributed by atoms with E-state index in [9.17, 15) is 8.42 Å². The van der Waals surface area contributed by atoms with Crippen LogP contribution >= 0.6 is 11.3 Å². The van der Waals surface area contributed by atoms with E-state index in [4.69, 9.17) is 5.11 Å². The SMILES string of the molecule is C=CCN(CC=C)S(=O)(=O)c1cc(CO)sc1C. The first-order chi connectivity index (χ1) is 8.47. The van der Waals surface area contributed by atoms with Gasteiger partial charge in [-0.25, -0.2) is 8.42 Å². The average molecular weight is 287 g/mol. The number of nitrogens with zero attached hydrogens (tertiary/aromatic N) is 1. The van der Waals surface area contributed by atoms with Crippen molar-refractivity contribution in [3.63, 3.8) is 0 Å². The van der Waals surface area contributed by atoms with E-state index in [1.54, 1.807) is 6.92 Å². The summed E-state index contributed by atoms with van der Waals surface area (Å²) in [4.78, 5) is 1.57. The monoisotopic (exact) mass is 287 g/mol. The van der Waals surface area contributed by atoms with Crippen LogP contribution in [0.5, 0.6) is 0 Å². The summed E-state index contributed by atoms with van der Waals surface area (Å²) in [6.07, 6.45) is 3.07. The molecule has 100 valence electrons. The fourth-order valence-corrected chi connectivity index (χ4v) is 4.40. The molecule has 18 heavy (non-hydrogen) atoms. The predicted molar refractivity (Wildman–Crippen MR) is 74.1 cm³/mol. The van der Waals surface area contributed by atoms with E-state index in [1.165, 1.54) is 33.9 Å². The Bertz CT molecular complexity index is 522. The zero-order valence-electron chi connectivity index (χ0n) is 10.3. The third kappa shape index (κ3) is 3.08. The lowest BCUT2D eigenvalue weighted by Crippen LogP contribution is -2.31. The summed E-state index contributed by atoms with van der Waals surface area (Å²) in [6, 6.07) is 1.52. The first kappa shape index (κ1) is 15.1. The van der Waals surface area contributed by atoms with Crippen LogP contribution in [0.4, 0.5) is 0 Å². The van der Waals surface area contributed by atoms with Crippen LogP contribution in [0.2, 0.25) is 0 Å². The molecule has 0 fully saturated rings. The van der Waals surface area contributed by atoms with Gasteiger partial charge in [0.1, 0.15) is 0 Å². The number of aryl methyl sites for hydroxylation is 1. The van der Waals surface area contributed by atoms with Gasteiger partial charge in [0.25, 0.3) is 0 Å². The second kappa shape index (κ2) is 6.29. The zero-order valence-corrected chi connectivity index (χ0v) is 11.9. The maximum absolute atomic E-state index is 12.4. The lowest BCUT2D eigenvalue weighted by Gasteiger charge is -2.18. The third-order valence-corrected chi connectivity index (χ3v) is 5.48. The van der Waals surface area contributed by atoms with E-state index < -0.39 is 10.0 Å². The largest absolute Gasteiger partial charge is 0.391 e. The van der Waals surface area contributed by atoms with Crippen molar-refractivity contribution in [3.8, 4) is 0 Å². The molecule has 1 aromatic heterocycles. The molecule has 0 aliphatic carbocycles. The summed E-state index contributed by atoms with van der Waals surface area (Å²) in [5, 5.41) is 9.06. The Hall–Kier alpha value is -0.950. The fourth-order valence-electron chi connectivity index (χ4n) is 1.56. The van der Waals surface area contributed by atoms with Gasteiger partial charge in [-0.3, -0.25) is 0 Å². The van der Waals surface area contributed by atoms with E-state index in [0.29, 0.717) is 9.75 Å². The average Bonchev–Trinajstić information content (AvgIpc) is 2.71. The van der Waals surface area contributed by atoms with Gasteiger partial charge in [0.05, 0.1) is 11.5 Å². The molecule has 1 N–H and O–H groups in total. The van der Waals surface area contributed by atoms with E-state index in [2.05, 4.69) is 13.2 Å². The summed E-state index contributed by atoms with van der Waals surface area (Å²) < 4.78 is 26.1. The number of rotatable bonds is 7. The number of aliphatic hydroxyl groups excluding tert-OH is 1. The molecule has 1 rings (SSSR count). The smallest absolute Gasteiger partial charge is 0.244 e. The number of thiophene rings is 1. The molecular formula is C12H17NO3S2. The van der Waals surface area contributed by atoms with Crippen LogP contribution in [-0.4, -0.2) is 30.9 Å². The summed E-state index contributed by atoms with van der Waals surface area (Å²) in [7, 11) is -3.56. The Kier molecular flexibility index (Phi) is 5.28. The molecule has 0 saturated carbocycles. The molecule has 4 nitrogen and oxygen atoms in total. The third-order valence-electron chi connectivity index (χ3n) is 2.36. The minimum Gasteiger partial charge on any atom is -0.391 e. The van der Waals surface area contributed by atoms with Crippen molar-refractivity contribution < 1.29 is 13.5 Å².